The van der Waals surface area contributed by atoms with Gasteiger partial charge in [-0.2, -0.15) is 4.31 Å². The maximum absolute atomic E-state index is 13.9. The normalized spacial score (nSPS) is 13.8. The van der Waals surface area contributed by atoms with Crippen LogP contribution in [-0.4, -0.2) is 25.3 Å². The van der Waals surface area contributed by atoms with E-state index in [0.717, 1.165) is 0 Å². The summed E-state index contributed by atoms with van der Waals surface area (Å²) < 4.78 is 40.1. The van der Waals surface area contributed by atoms with E-state index in [0.29, 0.717) is 18.5 Å². The number of hydrogen-bond acceptors (Lipinski definition) is 2. The van der Waals surface area contributed by atoms with Crippen molar-refractivity contribution in [1.82, 2.24) is 4.31 Å². The number of alkyl halides is 1. The second kappa shape index (κ2) is 6.68. The smallest absolute Gasteiger partial charge is 0.207 e. The molecule has 0 aliphatic rings. The van der Waals surface area contributed by atoms with Crippen LogP contribution in [0.5, 0.6) is 0 Å². The van der Waals surface area contributed by atoms with Gasteiger partial charge >= 0.3 is 0 Å². The SMILES string of the molecule is CCC(C)N(CC)S(=O)(=O)c1ccc(CCl)cc1F. The highest BCUT2D eigenvalue weighted by atomic mass is 35.5. The third kappa shape index (κ3) is 3.46. The van der Waals surface area contributed by atoms with Crippen molar-refractivity contribution in [3.8, 4) is 0 Å². The number of nitrogens with zero attached hydrogens (tertiary/aromatic N) is 1. The standard InChI is InChI=1S/C13H19ClFNO2S/c1-4-10(3)16(5-2)19(17,18)13-7-6-11(9-14)8-12(13)15/h6-8,10H,4-5,9H2,1-3H3. The molecule has 108 valence electrons. The highest BCUT2D eigenvalue weighted by Gasteiger charge is 2.29. The summed E-state index contributed by atoms with van der Waals surface area (Å²) in [6.07, 6.45) is 0.675. The third-order valence-electron chi connectivity index (χ3n) is 3.13. The Morgan fingerprint density at radius 3 is 2.42 bits per heavy atom. The van der Waals surface area contributed by atoms with Gasteiger partial charge in [0.15, 0.2) is 0 Å². The van der Waals surface area contributed by atoms with E-state index >= 15 is 0 Å². The van der Waals surface area contributed by atoms with Crippen LogP contribution in [-0.2, 0) is 15.9 Å². The molecule has 0 saturated heterocycles. The lowest BCUT2D eigenvalue weighted by Gasteiger charge is -2.26. The molecule has 0 fully saturated rings. The average molecular weight is 308 g/mol. The van der Waals surface area contributed by atoms with Crippen LogP contribution in [0.3, 0.4) is 0 Å². The van der Waals surface area contributed by atoms with E-state index in [1.165, 1.54) is 22.5 Å². The molecule has 6 heteroatoms. The van der Waals surface area contributed by atoms with Gasteiger partial charge in [-0.25, -0.2) is 12.8 Å². The van der Waals surface area contributed by atoms with Crippen molar-refractivity contribution in [2.45, 2.75) is 44.0 Å². The summed E-state index contributed by atoms with van der Waals surface area (Å²) in [7, 11) is -3.80. The molecule has 1 aromatic carbocycles. The molecule has 0 aromatic heterocycles. The minimum absolute atomic E-state index is 0.153. The molecule has 0 amide bonds. The summed E-state index contributed by atoms with van der Waals surface area (Å²) in [5.74, 6) is -0.597. The Morgan fingerprint density at radius 2 is 2.00 bits per heavy atom. The van der Waals surface area contributed by atoms with Crippen molar-refractivity contribution in [2.75, 3.05) is 6.54 Å². The maximum Gasteiger partial charge on any atom is 0.246 e. The summed E-state index contributed by atoms with van der Waals surface area (Å²) >= 11 is 5.60. The second-order valence-corrected chi connectivity index (χ2v) is 6.49. The molecular formula is C13H19ClFNO2S. The van der Waals surface area contributed by atoms with Gasteiger partial charge in [-0.1, -0.05) is 19.9 Å². The van der Waals surface area contributed by atoms with Crippen LogP contribution >= 0.6 is 11.6 Å². The predicted octanol–water partition coefficient (Wildman–Crippen LogP) is 3.37. The lowest BCUT2D eigenvalue weighted by Crippen LogP contribution is -2.38. The minimum atomic E-state index is -3.80. The molecule has 0 aliphatic carbocycles. The van der Waals surface area contributed by atoms with Crippen molar-refractivity contribution in [3.05, 3.63) is 29.6 Å². The van der Waals surface area contributed by atoms with Crippen LogP contribution in [0, 0.1) is 5.82 Å². The maximum atomic E-state index is 13.9. The quantitative estimate of drug-likeness (QED) is 0.756. The minimum Gasteiger partial charge on any atom is -0.207 e. The Kier molecular flexibility index (Phi) is 5.77. The fraction of sp³-hybridized carbons (Fsp3) is 0.538. The Hall–Kier alpha value is -0.650. The first kappa shape index (κ1) is 16.4. The van der Waals surface area contributed by atoms with Crippen molar-refractivity contribution in [1.29, 1.82) is 0 Å². The summed E-state index contributed by atoms with van der Waals surface area (Å²) in [4.78, 5) is -0.288. The predicted molar refractivity (Wildman–Crippen MR) is 75.3 cm³/mol. The highest BCUT2D eigenvalue weighted by molar-refractivity contribution is 7.89. The zero-order valence-corrected chi connectivity index (χ0v) is 12.9. The van der Waals surface area contributed by atoms with Crippen LogP contribution < -0.4 is 0 Å². The van der Waals surface area contributed by atoms with E-state index < -0.39 is 15.8 Å². The molecule has 0 aliphatic heterocycles. The number of rotatable bonds is 6. The van der Waals surface area contributed by atoms with Gasteiger partial charge in [0, 0.05) is 18.5 Å². The van der Waals surface area contributed by atoms with E-state index in [9.17, 15) is 12.8 Å². The molecule has 1 unspecified atom stereocenters. The van der Waals surface area contributed by atoms with E-state index in [4.69, 9.17) is 11.6 Å². The molecule has 1 rings (SSSR count). The van der Waals surface area contributed by atoms with Crippen molar-refractivity contribution >= 4 is 21.6 Å². The summed E-state index contributed by atoms with van der Waals surface area (Å²) in [5, 5.41) is 0. The zero-order valence-electron chi connectivity index (χ0n) is 11.4. The highest BCUT2D eigenvalue weighted by Crippen LogP contribution is 2.23. The topological polar surface area (TPSA) is 37.4 Å². The van der Waals surface area contributed by atoms with Crippen LogP contribution in [0.15, 0.2) is 23.1 Å². The van der Waals surface area contributed by atoms with Gasteiger partial charge in [-0.3, -0.25) is 0 Å². The third-order valence-corrected chi connectivity index (χ3v) is 5.56. The molecule has 3 nitrogen and oxygen atoms in total. The molecular weight excluding hydrogens is 289 g/mol. The van der Waals surface area contributed by atoms with Crippen molar-refractivity contribution < 1.29 is 12.8 Å². The first-order chi connectivity index (χ1) is 8.88. The number of sulfonamides is 1. The largest absolute Gasteiger partial charge is 0.246 e. The van der Waals surface area contributed by atoms with Crippen LogP contribution in [0.25, 0.3) is 0 Å². The molecule has 19 heavy (non-hydrogen) atoms. The summed E-state index contributed by atoms with van der Waals surface area (Å²) in [6.45, 7) is 5.77. The van der Waals surface area contributed by atoms with E-state index in [1.54, 1.807) is 6.92 Å². The lowest BCUT2D eigenvalue weighted by atomic mass is 10.2. The van der Waals surface area contributed by atoms with E-state index in [1.807, 2.05) is 13.8 Å². The van der Waals surface area contributed by atoms with Crippen LogP contribution in [0.4, 0.5) is 4.39 Å². The second-order valence-electron chi connectivity index (χ2n) is 4.36. The Balaban J connectivity index is 3.26. The number of benzene rings is 1. The zero-order chi connectivity index (χ0) is 14.6. The first-order valence-electron chi connectivity index (χ1n) is 6.24. The van der Waals surface area contributed by atoms with E-state index in [-0.39, 0.29) is 16.8 Å². The summed E-state index contributed by atoms with van der Waals surface area (Å²) in [6, 6.07) is 3.83. The van der Waals surface area contributed by atoms with Gasteiger partial charge in [-0.05, 0) is 31.0 Å². The first-order valence-corrected chi connectivity index (χ1v) is 8.22. The van der Waals surface area contributed by atoms with Gasteiger partial charge in [-0.15, -0.1) is 11.6 Å². The molecule has 0 saturated carbocycles. The van der Waals surface area contributed by atoms with Gasteiger partial charge in [0.2, 0.25) is 10.0 Å². The average Bonchev–Trinajstić information content (AvgIpc) is 2.38. The fourth-order valence-corrected chi connectivity index (χ4v) is 3.81. The molecule has 1 aromatic rings. The van der Waals surface area contributed by atoms with Crippen LogP contribution in [0.1, 0.15) is 32.8 Å². The monoisotopic (exact) mass is 307 g/mol. The van der Waals surface area contributed by atoms with Gasteiger partial charge in [0.25, 0.3) is 0 Å². The number of halogens is 2. The fourth-order valence-electron chi connectivity index (χ4n) is 1.89. The van der Waals surface area contributed by atoms with Gasteiger partial charge in [0.1, 0.15) is 10.7 Å². The molecule has 0 bridgehead atoms. The Labute approximate surface area is 119 Å². The Bertz CT molecular complexity index is 533. The number of hydrogen-bond donors (Lipinski definition) is 0. The van der Waals surface area contributed by atoms with Crippen molar-refractivity contribution in [3.63, 3.8) is 0 Å². The molecule has 0 heterocycles. The molecule has 0 radical (unpaired) electrons. The summed E-state index contributed by atoms with van der Waals surface area (Å²) in [5.41, 5.74) is 0.560. The van der Waals surface area contributed by atoms with Crippen LogP contribution in [0.2, 0.25) is 0 Å². The molecule has 1 atom stereocenters. The lowest BCUT2D eigenvalue weighted by molar-refractivity contribution is 0.341. The van der Waals surface area contributed by atoms with Crippen molar-refractivity contribution in [2.24, 2.45) is 0 Å². The van der Waals surface area contributed by atoms with E-state index in [2.05, 4.69) is 0 Å². The molecule has 0 N–H and O–H groups in total. The van der Waals surface area contributed by atoms with Gasteiger partial charge in [0.05, 0.1) is 0 Å². The Morgan fingerprint density at radius 1 is 1.37 bits per heavy atom. The van der Waals surface area contributed by atoms with Gasteiger partial charge < -0.3 is 0 Å². The molecule has 0 spiro atoms.